The molecule has 0 N–H and O–H groups in total. The number of likely N-dealkylation sites (N-methyl/N-ethyl adjacent to an activating group) is 1. The van der Waals surface area contributed by atoms with Gasteiger partial charge in [0.15, 0.2) is 0 Å². The van der Waals surface area contributed by atoms with E-state index >= 15 is 0 Å². The molecular formula is C12H18BrN3O. The number of methoxy groups -OCH3 is 1. The Bertz CT molecular complexity index is 386. The Hall–Kier alpha value is -0.680. The van der Waals surface area contributed by atoms with E-state index in [-0.39, 0.29) is 0 Å². The summed E-state index contributed by atoms with van der Waals surface area (Å²) in [6, 6.07) is 2.63. The average Bonchev–Trinajstić information content (AvgIpc) is 2.76. The molecular weight excluding hydrogens is 282 g/mol. The van der Waals surface area contributed by atoms with Gasteiger partial charge in [0.25, 0.3) is 0 Å². The number of hydrogen-bond donors (Lipinski definition) is 0. The molecule has 94 valence electrons. The lowest BCUT2D eigenvalue weighted by molar-refractivity contribution is 0.264. The first kappa shape index (κ1) is 12.8. The fourth-order valence-electron chi connectivity index (χ4n) is 2.42. The molecule has 0 bridgehead atoms. The molecule has 0 saturated carbocycles. The van der Waals surface area contributed by atoms with Gasteiger partial charge in [-0.1, -0.05) is 6.92 Å². The van der Waals surface area contributed by atoms with Gasteiger partial charge in [-0.3, -0.25) is 0 Å². The van der Waals surface area contributed by atoms with Crippen molar-refractivity contribution in [1.29, 1.82) is 0 Å². The lowest BCUT2D eigenvalue weighted by Crippen LogP contribution is -2.31. The Kier molecular flexibility index (Phi) is 4.34. The van der Waals surface area contributed by atoms with Crippen LogP contribution in [0.1, 0.15) is 25.5 Å². The van der Waals surface area contributed by atoms with E-state index in [1.54, 1.807) is 7.11 Å². The first-order valence-corrected chi connectivity index (χ1v) is 6.84. The van der Waals surface area contributed by atoms with Crippen LogP contribution in [0.2, 0.25) is 0 Å². The highest BCUT2D eigenvalue weighted by atomic mass is 79.9. The van der Waals surface area contributed by atoms with Crippen LogP contribution in [0.3, 0.4) is 0 Å². The standard InChI is InChI=1S/C12H18BrN3O/c1-3-16-6-4-5-10(16)7-9-8-11(13)12(17-2)15-14-9/h8,10H,3-7H2,1-2H3. The SMILES string of the molecule is CCN1CCCC1Cc1cc(Br)c(OC)nn1. The number of rotatable bonds is 4. The molecule has 1 saturated heterocycles. The fraction of sp³-hybridized carbons (Fsp3) is 0.667. The summed E-state index contributed by atoms with van der Waals surface area (Å²) in [5.74, 6) is 0.549. The van der Waals surface area contributed by atoms with Gasteiger partial charge in [0.05, 0.1) is 17.3 Å². The van der Waals surface area contributed by atoms with E-state index in [1.165, 1.54) is 19.4 Å². The highest BCUT2D eigenvalue weighted by molar-refractivity contribution is 9.10. The van der Waals surface area contributed by atoms with Crippen molar-refractivity contribution < 1.29 is 4.74 Å². The summed E-state index contributed by atoms with van der Waals surface area (Å²) in [6.45, 7) is 4.55. The van der Waals surface area contributed by atoms with E-state index in [9.17, 15) is 0 Å². The predicted molar refractivity (Wildman–Crippen MR) is 70.3 cm³/mol. The van der Waals surface area contributed by atoms with Gasteiger partial charge in [-0.15, -0.1) is 5.10 Å². The van der Waals surface area contributed by atoms with Crippen molar-refractivity contribution in [1.82, 2.24) is 15.1 Å². The van der Waals surface area contributed by atoms with Gasteiger partial charge in [-0.2, -0.15) is 5.10 Å². The molecule has 1 aliphatic rings. The highest BCUT2D eigenvalue weighted by Crippen LogP contribution is 2.24. The van der Waals surface area contributed by atoms with Gasteiger partial charge < -0.3 is 9.64 Å². The maximum atomic E-state index is 5.08. The third-order valence-electron chi connectivity index (χ3n) is 3.31. The van der Waals surface area contributed by atoms with Crippen LogP contribution in [-0.2, 0) is 6.42 Å². The Morgan fingerprint density at radius 3 is 3.00 bits per heavy atom. The molecule has 1 aromatic rings. The first-order chi connectivity index (χ1) is 8.24. The summed E-state index contributed by atoms with van der Waals surface area (Å²) >= 11 is 3.45. The predicted octanol–water partition coefficient (Wildman–Crippen LogP) is 2.27. The Morgan fingerprint density at radius 2 is 2.35 bits per heavy atom. The van der Waals surface area contributed by atoms with E-state index in [0.29, 0.717) is 11.9 Å². The Morgan fingerprint density at radius 1 is 1.53 bits per heavy atom. The lowest BCUT2D eigenvalue weighted by Gasteiger charge is -2.22. The Labute approximate surface area is 110 Å². The summed E-state index contributed by atoms with van der Waals surface area (Å²) in [6.07, 6.45) is 3.53. The van der Waals surface area contributed by atoms with Crippen molar-refractivity contribution in [2.45, 2.75) is 32.2 Å². The summed E-state index contributed by atoms with van der Waals surface area (Å²) in [4.78, 5) is 2.51. The second kappa shape index (κ2) is 5.78. The van der Waals surface area contributed by atoms with E-state index in [1.807, 2.05) is 6.07 Å². The summed E-state index contributed by atoms with van der Waals surface area (Å²) < 4.78 is 5.96. The third kappa shape index (κ3) is 2.96. The van der Waals surface area contributed by atoms with Gasteiger partial charge in [0.1, 0.15) is 0 Å². The number of aromatic nitrogens is 2. The van der Waals surface area contributed by atoms with Gasteiger partial charge >= 0.3 is 0 Å². The smallest absolute Gasteiger partial charge is 0.247 e. The van der Waals surface area contributed by atoms with Gasteiger partial charge in [0.2, 0.25) is 5.88 Å². The van der Waals surface area contributed by atoms with Crippen molar-refractivity contribution in [3.63, 3.8) is 0 Å². The minimum Gasteiger partial charge on any atom is -0.479 e. The van der Waals surface area contributed by atoms with E-state index in [4.69, 9.17) is 4.74 Å². The van der Waals surface area contributed by atoms with Crippen molar-refractivity contribution in [2.24, 2.45) is 0 Å². The number of nitrogens with zero attached hydrogens (tertiary/aromatic N) is 3. The quantitative estimate of drug-likeness (QED) is 0.855. The number of likely N-dealkylation sites (tertiary alicyclic amines) is 1. The molecule has 1 atom stereocenters. The van der Waals surface area contributed by atoms with Crippen LogP contribution in [0.4, 0.5) is 0 Å². The molecule has 0 spiro atoms. The summed E-state index contributed by atoms with van der Waals surface area (Å²) in [5, 5.41) is 8.26. The molecule has 0 aromatic carbocycles. The number of halogens is 1. The molecule has 1 aliphatic heterocycles. The number of ether oxygens (including phenoxy) is 1. The van der Waals surface area contributed by atoms with Gasteiger partial charge in [0, 0.05) is 12.5 Å². The van der Waals surface area contributed by atoms with E-state index in [0.717, 1.165) is 23.1 Å². The normalized spacial score (nSPS) is 20.8. The molecule has 5 heteroatoms. The van der Waals surface area contributed by atoms with Crippen molar-refractivity contribution in [3.05, 3.63) is 16.2 Å². The molecule has 2 rings (SSSR count). The van der Waals surface area contributed by atoms with Gasteiger partial charge in [-0.25, -0.2) is 0 Å². The second-order valence-electron chi connectivity index (χ2n) is 4.32. The van der Waals surface area contributed by atoms with E-state index in [2.05, 4.69) is 38.0 Å². The molecule has 2 heterocycles. The summed E-state index contributed by atoms with van der Waals surface area (Å²) in [7, 11) is 1.60. The third-order valence-corrected chi connectivity index (χ3v) is 3.88. The second-order valence-corrected chi connectivity index (χ2v) is 5.18. The van der Waals surface area contributed by atoms with Crippen LogP contribution in [0, 0.1) is 0 Å². The minimum atomic E-state index is 0.549. The van der Waals surface area contributed by atoms with Crippen LogP contribution >= 0.6 is 15.9 Å². The zero-order valence-corrected chi connectivity index (χ0v) is 11.9. The minimum absolute atomic E-state index is 0.549. The monoisotopic (exact) mass is 299 g/mol. The average molecular weight is 300 g/mol. The number of hydrogen-bond acceptors (Lipinski definition) is 4. The zero-order valence-electron chi connectivity index (χ0n) is 10.3. The molecule has 0 aliphatic carbocycles. The van der Waals surface area contributed by atoms with Crippen molar-refractivity contribution >= 4 is 15.9 Å². The molecule has 0 radical (unpaired) electrons. The largest absolute Gasteiger partial charge is 0.479 e. The first-order valence-electron chi connectivity index (χ1n) is 6.04. The zero-order chi connectivity index (χ0) is 12.3. The maximum Gasteiger partial charge on any atom is 0.247 e. The van der Waals surface area contributed by atoms with E-state index < -0.39 is 0 Å². The van der Waals surface area contributed by atoms with Gasteiger partial charge in [-0.05, 0) is 47.9 Å². The Balaban J connectivity index is 2.05. The molecule has 0 amide bonds. The van der Waals surface area contributed by atoms with Crippen molar-refractivity contribution in [3.8, 4) is 5.88 Å². The molecule has 1 fully saturated rings. The van der Waals surface area contributed by atoms with Crippen LogP contribution in [-0.4, -0.2) is 41.3 Å². The molecule has 17 heavy (non-hydrogen) atoms. The lowest BCUT2D eigenvalue weighted by atomic mass is 10.1. The van der Waals surface area contributed by atoms with Crippen LogP contribution < -0.4 is 4.74 Å². The summed E-state index contributed by atoms with van der Waals surface area (Å²) in [5.41, 5.74) is 1.03. The molecule has 1 unspecified atom stereocenters. The highest BCUT2D eigenvalue weighted by Gasteiger charge is 2.23. The van der Waals surface area contributed by atoms with Crippen molar-refractivity contribution in [2.75, 3.05) is 20.2 Å². The maximum absolute atomic E-state index is 5.08. The fourth-order valence-corrected chi connectivity index (χ4v) is 2.92. The molecule has 4 nitrogen and oxygen atoms in total. The van der Waals surface area contributed by atoms with Crippen LogP contribution in [0.25, 0.3) is 0 Å². The topological polar surface area (TPSA) is 38.2 Å². The van der Waals surface area contributed by atoms with Crippen LogP contribution in [0.15, 0.2) is 10.5 Å². The van der Waals surface area contributed by atoms with Crippen LogP contribution in [0.5, 0.6) is 5.88 Å². The molecule has 1 aromatic heterocycles.